The van der Waals surface area contributed by atoms with Crippen LogP contribution in [0.4, 0.5) is 10.1 Å². The monoisotopic (exact) mass is 452 g/mol. The van der Waals surface area contributed by atoms with E-state index in [1.807, 2.05) is 27.0 Å². The molecule has 33 heavy (non-hydrogen) atoms. The molecule has 0 spiro atoms. The number of likely N-dealkylation sites (N-methyl/N-ethyl adjacent to an activating group) is 1. The molecule has 0 bridgehead atoms. The van der Waals surface area contributed by atoms with E-state index in [9.17, 15) is 19.1 Å². The van der Waals surface area contributed by atoms with Crippen molar-refractivity contribution in [2.45, 2.75) is 20.4 Å². The number of aromatic nitrogens is 1. The summed E-state index contributed by atoms with van der Waals surface area (Å²) in [6.07, 6.45) is 0. The highest BCUT2D eigenvalue weighted by molar-refractivity contribution is 6.07. The van der Waals surface area contributed by atoms with Crippen molar-refractivity contribution in [3.63, 3.8) is 0 Å². The lowest BCUT2D eigenvalue weighted by Crippen LogP contribution is -2.44. The van der Waals surface area contributed by atoms with Crippen LogP contribution in [0.2, 0.25) is 0 Å². The Morgan fingerprint density at radius 1 is 1.12 bits per heavy atom. The van der Waals surface area contributed by atoms with Crippen molar-refractivity contribution in [2.24, 2.45) is 11.7 Å². The van der Waals surface area contributed by atoms with Crippen molar-refractivity contribution >= 4 is 22.5 Å². The second-order valence-corrected chi connectivity index (χ2v) is 9.05. The van der Waals surface area contributed by atoms with Gasteiger partial charge in [-0.2, -0.15) is 0 Å². The second kappa shape index (κ2) is 8.86. The molecule has 0 unspecified atom stereocenters. The summed E-state index contributed by atoms with van der Waals surface area (Å²) in [6.45, 7) is 7.43. The number of halogens is 1. The number of carbonyl (C=O) groups is 1. The molecule has 2 aromatic carbocycles. The number of nitrogens with two attached hydrogens (primary N) is 1. The van der Waals surface area contributed by atoms with Crippen LogP contribution in [-0.4, -0.2) is 53.7 Å². The van der Waals surface area contributed by atoms with Gasteiger partial charge in [0.15, 0.2) is 0 Å². The van der Waals surface area contributed by atoms with Gasteiger partial charge in [0.05, 0.1) is 5.52 Å². The topological polar surface area (TPSA) is 91.8 Å². The normalized spacial score (nSPS) is 14.9. The maximum absolute atomic E-state index is 14.3. The number of benzene rings is 2. The molecule has 3 aromatic rings. The summed E-state index contributed by atoms with van der Waals surface area (Å²) in [5.41, 5.74) is 6.99. The van der Waals surface area contributed by atoms with Crippen LogP contribution in [0.1, 0.15) is 24.2 Å². The molecule has 1 aliphatic heterocycles. The fourth-order valence-corrected chi connectivity index (χ4v) is 4.52. The van der Waals surface area contributed by atoms with E-state index in [2.05, 4.69) is 9.80 Å². The number of primary amides is 1. The van der Waals surface area contributed by atoms with Gasteiger partial charge in [0.1, 0.15) is 17.1 Å². The zero-order valence-corrected chi connectivity index (χ0v) is 19.1. The average Bonchev–Trinajstić information content (AvgIpc) is 2.76. The first-order chi connectivity index (χ1) is 15.7. The van der Waals surface area contributed by atoms with Gasteiger partial charge in [-0.15, -0.1) is 0 Å². The molecule has 0 atom stereocenters. The lowest BCUT2D eigenvalue weighted by atomic mass is 9.95. The highest BCUT2D eigenvalue weighted by Crippen LogP contribution is 2.40. The van der Waals surface area contributed by atoms with Gasteiger partial charge in [-0.05, 0) is 42.8 Å². The number of piperazine rings is 1. The first kappa shape index (κ1) is 22.8. The summed E-state index contributed by atoms with van der Waals surface area (Å²) >= 11 is 0. The molecule has 4 rings (SSSR count). The number of pyridine rings is 1. The van der Waals surface area contributed by atoms with Crippen LogP contribution in [-0.2, 0) is 6.54 Å². The molecule has 3 N–H and O–H groups in total. The standard InChI is InChI=1S/C25H29FN4O3/c1-15(2)14-30-19-6-4-5-18(21(19)23(31)22(24(27)32)25(30)33)17-8-7-16(26)13-20(17)29-11-9-28(3)10-12-29/h4-8,13,15,31H,9-12,14H2,1-3H3,(H2,27,32). The molecule has 1 aromatic heterocycles. The van der Waals surface area contributed by atoms with Crippen LogP contribution in [0.25, 0.3) is 22.0 Å². The summed E-state index contributed by atoms with van der Waals surface area (Å²) in [4.78, 5) is 29.5. The zero-order valence-electron chi connectivity index (χ0n) is 19.1. The van der Waals surface area contributed by atoms with Crippen molar-refractivity contribution in [1.29, 1.82) is 0 Å². The Hall–Kier alpha value is -3.39. The second-order valence-electron chi connectivity index (χ2n) is 9.05. The Kier molecular flexibility index (Phi) is 6.12. The van der Waals surface area contributed by atoms with Gasteiger partial charge >= 0.3 is 0 Å². The average molecular weight is 453 g/mol. The first-order valence-electron chi connectivity index (χ1n) is 11.1. The van der Waals surface area contributed by atoms with Gasteiger partial charge in [-0.3, -0.25) is 9.59 Å². The smallest absolute Gasteiger partial charge is 0.267 e. The molecule has 0 aliphatic carbocycles. The number of aromatic hydroxyl groups is 1. The summed E-state index contributed by atoms with van der Waals surface area (Å²) in [7, 11) is 2.05. The molecular formula is C25H29FN4O3. The zero-order chi connectivity index (χ0) is 23.9. The minimum absolute atomic E-state index is 0.117. The number of nitrogens with zero attached hydrogens (tertiary/aromatic N) is 3. The van der Waals surface area contributed by atoms with Crippen molar-refractivity contribution in [3.05, 3.63) is 58.1 Å². The van der Waals surface area contributed by atoms with Gasteiger partial charge in [0, 0.05) is 49.4 Å². The van der Waals surface area contributed by atoms with E-state index < -0.39 is 22.8 Å². The van der Waals surface area contributed by atoms with Crippen LogP contribution in [0.3, 0.4) is 0 Å². The van der Waals surface area contributed by atoms with Crippen molar-refractivity contribution < 1.29 is 14.3 Å². The van der Waals surface area contributed by atoms with Crippen molar-refractivity contribution in [3.8, 4) is 16.9 Å². The van der Waals surface area contributed by atoms with E-state index in [1.165, 1.54) is 16.7 Å². The molecule has 8 heteroatoms. The van der Waals surface area contributed by atoms with Crippen LogP contribution >= 0.6 is 0 Å². The van der Waals surface area contributed by atoms with E-state index >= 15 is 0 Å². The quantitative estimate of drug-likeness (QED) is 0.621. The van der Waals surface area contributed by atoms with E-state index in [1.54, 1.807) is 18.2 Å². The number of rotatable bonds is 5. The Balaban J connectivity index is 2.03. The van der Waals surface area contributed by atoms with Crippen LogP contribution < -0.4 is 16.2 Å². The number of fused-ring (bicyclic) bond motifs is 1. The van der Waals surface area contributed by atoms with E-state index in [4.69, 9.17) is 5.73 Å². The predicted octanol–water partition coefficient (Wildman–Crippen LogP) is 3.02. The summed E-state index contributed by atoms with van der Waals surface area (Å²) in [6, 6.07) is 9.91. The third-order valence-corrected chi connectivity index (χ3v) is 6.15. The number of hydrogen-bond acceptors (Lipinski definition) is 5. The Labute approximate surface area is 191 Å². The summed E-state index contributed by atoms with van der Waals surface area (Å²) < 4.78 is 15.8. The largest absolute Gasteiger partial charge is 0.506 e. The maximum atomic E-state index is 14.3. The van der Waals surface area contributed by atoms with Crippen molar-refractivity contribution in [2.75, 3.05) is 38.1 Å². The fraction of sp³-hybridized carbons (Fsp3) is 0.360. The van der Waals surface area contributed by atoms with Crippen LogP contribution in [0, 0.1) is 11.7 Å². The van der Waals surface area contributed by atoms with E-state index in [0.29, 0.717) is 34.3 Å². The van der Waals surface area contributed by atoms with Crippen LogP contribution in [0.5, 0.6) is 5.75 Å². The minimum Gasteiger partial charge on any atom is -0.506 e. The molecule has 0 saturated carbocycles. The number of hydrogen-bond donors (Lipinski definition) is 2. The highest BCUT2D eigenvalue weighted by atomic mass is 19.1. The van der Waals surface area contributed by atoms with Crippen molar-refractivity contribution in [1.82, 2.24) is 9.47 Å². The van der Waals surface area contributed by atoms with E-state index in [0.717, 1.165) is 26.2 Å². The molecular weight excluding hydrogens is 423 g/mol. The lowest BCUT2D eigenvalue weighted by Gasteiger charge is -2.35. The van der Waals surface area contributed by atoms with E-state index in [-0.39, 0.29) is 11.7 Å². The summed E-state index contributed by atoms with van der Waals surface area (Å²) in [5, 5.41) is 11.4. The van der Waals surface area contributed by atoms with Gasteiger partial charge in [0.2, 0.25) is 0 Å². The number of carbonyl (C=O) groups excluding carboxylic acids is 1. The number of anilines is 1. The third-order valence-electron chi connectivity index (χ3n) is 6.15. The molecule has 1 amide bonds. The molecule has 1 fully saturated rings. The Morgan fingerprint density at radius 3 is 2.45 bits per heavy atom. The molecule has 1 saturated heterocycles. The third kappa shape index (κ3) is 4.18. The molecule has 0 radical (unpaired) electrons. The van der Waals surface area contributed by atoms with Gasteiger partial charge < -0.3 is 25.2 Å². The molecule has 2 heterocycles. The Morgan fingerprint density at radius 2 is 1.82 bits per heavy atom. The Bertz CT molecular complexity index is 1280. The van der Waals surface area contributed by atoms with Crippen LogP contribution in [0.15, 0.2) is 41.2 Å². The fourth-order valence-electron chi connectivity index (χ4n) is 4.52. The minimum atomic E-state index is -0.981. The maximum Gasteiger partial charge on any atom is 0.267 e. The molecule has 174 valence electrons. The highest BCUT2D eigenvalue weighted by Gasteiger charge is 2.25. The predicted molar refractivity (Wildman–Crippen MR) is 128 cm³/mol. The molecule has 1 aliphatic rings. The SMILES string of the molecule is CC(C)Cn1c(=O)c(C(N)=O)c(O)c2c(-c3ccc(F)cc3N3CCN(C)CC3)cccc21. The lowest BCUT2D eigenvalue weighted by molar-refractivity contribution is 0.0996. The van der Waals surface area contributed by atoms with Gasteiger partial charge in [-0.25, -0.2) is 4.39 Å². The molecule has 7 nitrogen and oxygen atoms in total. The summed E-state index contributed by atoms with van der Waals surface area (Å²) in [5.74, 6) is -1.66. The first-order valence-corrected chi connectivity index (χ1v) is 11.1. The van der Waals surface area contributed by atoms with Gasteiger partial charge in [0.25, 0.3) is 11.5 Å². The number of amides is 1. The van der Waals surface area contributed by atoms with Gasteiger partial charge in [-0.1, -0.05) is 26.0 Å².